The van der Waals surface area contributed by atoms with Crippen LogP contribution in [0.25, 0.3) is 0 Å². The molecule has 6 heteroatoms. The van der Waals surface area contributed by atoms with Crippen molar-refractivity contribution in [2.24, 2.45) is 5.73 Å². The predicted octanol–water partition coefficient (Wildman–Crippen LogP) is 1.16. The van der Waals surface area contributed by atoms with E-state index in [-0.39, 0.29) is 30.5 Å². The zero-order valence-corrected chi connectivity index (χ0v) is 14.0. The Kier molecular flexibility index (Phi) is 5.60. The summed E-state index contributed by atoms with van der Waals surface area (Å²) < 4.78 is 5.66. The van der Waals surface area contributed by atoms with Crippen molar-refractivity contribution in [3.63, 3.8) is 0 Å². The van der Waals surface area contributed by atoms with Gasteiger partial charge in [0.25, 0.3) is 0 Å². The molecule has 1 aliphatic heterocycles. The summed E-state index contributed by atoms with van der Waals surface area (Å²) in [6.07, 6.45) is 0.120. The minimum atomic E-state index is -0.356. The van der Waals surface area contributed by atoms with E-state index in [1.165, 1.54) is 0 Å². The number of benzene rings is 1. The van der Waals surface area contributed by atoms with Crippen LogP contribution in [0.2, 0.25) is 0 Å². The van der Waals surface area contributed by atoms with Crippen molar-refractivity contribution >= 4 is 11.8 Å². The van der Waals surface area contributed by atoms with E-state index in [0.29, 0.717) is 19.6 Å². The lowest BCUT2D eigenvalue weighted by molar-refractivity contribution is -0.132. The lowest BCUT2D eigenvalue weighted by Crippen LogP contribution is -2.51. The molecule has 1 saturated heterocycles. The van der Waals surface area contributed by atoms with Gasteiger partial charge in [0.05, 0.1) is 18.7 Å². The SMILES string of the molecule is CC(=O)N1CCN(CC(N)=O)[C@@H](c2ccc(OC(C)C)cc2)C1. The Hall–Kier alpha value is -2.08. The number of nitrogens with zero attached hydrogens (tertiary/aromatic N) is 2. The zero-order chi connectivity index (χ0) is 17.0. The predicted molar refractivity (Wildman–Crippen MR) is 88.0 cm³/mol. The highest BCUT2D eigenvalue weighted by atomic mass is 16.5. The molecule has 1 aromatic rings. The van der Waals surface area contributed by atoms with Crippen LogP contribution in [-0.4, -0.2) is 53.9 Å². The summed E-state index contributed by atoms with van der Waals surface area (Å²) in [6, 6.07) is 7.78. The monoisotopic (exact) mass is 319 g/mol. The first-order valence-corrected chi connectivity index (χ1v) is 7.91. The van der Waals surface area contributed by atoms with Gasteiger partial charge in [-0.1, -0.05) is 12.1 Å². The van der Waals surface area contributed by atoms with Crippen molar-refractivity contribution in [1.29, 1.82) is 0 Å². The van der Waals surface area contributed by atoms with Crippen LogP contribution in [0.1, 0.15) is 32.4 Å². The molecule has 1 aliphatic rings. The number of hydrogen-bond acceptors (Lipinski definition) is 4. The highest BCUT2D eigenvalue weighted by Crippen LogP contribution is 2.27. The van der Waals surface area contributed by atoms with E-state index in [0.717, 1.165) is 11.3 Å². The van der Waals surface area contributed by atoms with Gasteiger partial charge in [-0.05, 0) is 31.5 Å². The quantitative estimate of drug-likeness (QED) is 0.884. The molecule has 0 unspecified atom stereocenters. The highest BCUT2D eigenvalue weighted by molar-refractivity contribution is 5.76. The van der Waals surface area contributed by atoms with E-state index in [9.17, 15) is 9.59 Å². The molecule has 1 heterocycles. The number of hydrogen-bond donors (Lipinski definition) is 1. The Balaban J connectivity index is 2.18. The van der Waals surface area contributed by atoms with Gasteiger partial charge in [0, 0.05) is 26.6 Å². The first-order valence-electron chi connectivity index (χ1n) is 7.91. The molecule has 2 N–H and O–H groups in total. The van der Waals surface area contributed by atoms with Crippen LogP contribution < -0.4 is 10.5 Å². The van der Waals surface area contributed by atoms with Gasteiger partial charge in [0.1, 0.15) is 5.75 Å². The maximum Gasteiger partial charge on any atom is 0.231 e. The Morgan fingerprint density at radius 3 is 2.43 bits per heavy atom. The van der Waals surface area contributed by atoms with Crippen LogP contribution in [0.4, 0.5) is 0 Å². The van der Waals surface area contributed by atoms with E-state index >= 15 is 0 Å². The average molecular weight is 319 g/mol. The fourth-order valence-corrected chi connectivity index (χ4v) is 2.85. The molecule has 0 aromatic heterocycles. The van der Waals surface area contributed by atoms with Gasteiger partial charge < -0.3 is 15.4 Å². The van der Waals surface area contributed by atoms with Gasteiger partial charge in [-0.3, -0.25) is 14.5 Å². The molecular formula is C17H25N3O3. The minimum absolute atomic E-state index is 0.0340. The summed E-state index contributed by atoms with van der Waals surface area (Å²) in [5, 5.41) is 0. The van der Waals surface area contributed by atoms with Crippen molar-refractivity contribution in [2.75, 3.05) is 26.2 Å². The number of carbonyl (C=O) groups excluding carboxylic acids is 2. The van der Waals surface area contributed by atoms with Gasteiger partial charge >= 0.3 is 0 Å². The molecule has 6 nitrogen and oxygen atoms in total. The summed E-state index contributed by atoms with van der Waals surface area (Å²) in [4.78, 5) is 26.8. The largest absolute Gasteiger partial charge is 0.491 e. The molecule has 1 fully saturated rings. The van der Waals surface area contributed by atoms with Crippen LogP contribution in [0, 0.1) is 0 Å². The first-order chi connectivity index (χ1) is 10.9. The fraction of sp³-hybridized carbons (Fsp3) is 0.529. The van der Waals surface area contributed by atoms with E-state index in [2.05, 4.69) is 0 Å². The zero-order valence-electron chi connectivity index (χ0n) is 14.0. The van der Waals surface area contributed by atoms with E-state index in [1.807, 2.05) is 43.0 Å². The summed E-state index contributed by atoms with van der Waals surface area (Å²) in [6.45, 7) is 7.54. The average Bonchev–Trinajstić information content (AvgIpc) is 2.47. The molecule has 23 heavy (non-hydrogen) atoms. The number of nitrogens with two attached hydrogens (primary N) is 1. The number of primary amides is 1. The molecule has 2 rings (SSSR count). The van der Waals surface area contributed by atoms with Gasteiger partial charge in [0.15, 0.2) is 0 Å². The molecule has 0 aliphatic carbocycles. The molecule has 1 aromatic carbocycles. The van der Waals surface area contributed by atoms with Crippen molar-refractivity contribution in [3.05, 3.63) is 29.8 Å². The summed E-state index contributed by atoms with van der Waals surface area (Å²) in [5.41, 5.74) is 6.41. The molecule has 0 spiro atoms. The maximum atomic E-state index is 11.7. The van der Waals surface area contributed by atoms with E-state index in [4.69, 9.17) is 10.5 Å². The summed E-state index contributed by atoms with van der Waals surface area (Å²) in [5.74, 6) is 0.504. The molecule has 1 atom stereocenters. The molecule has 2 amide bonds. The molecule has 0 radical (unpaired) electrons. The topological polar surface area (TPSA) is 75.9 Å². The number of ether oxygens (including phenoxy) is 1. The Labute approximate surface area is 137 Å². The Bertz CT molecular complexity index is 557. The molecule has 0 bridgehead atoms. The van der Waals surface area contributed by atoms with Crippen LogP contribution in [-0.2, 0) is 9.59 Å². The van der Waals surface area contributed by atoms with Crippen LogP contribution >= 0.6 is 0 Å². The summed E-state index contributed by atoms with van der Waals surface area (Å²) >= 11 is 0. The third kappa shape index (κ3) is 4.69. The van der Waals surface area contributed by atoms with Crippen LogP contribution in [0.5, 0.6) is 5.75 Å². The second-order valence-electron chi connectivity index (χ2n) is 6.15. The molecular weight excluding hydrogens is 294 g/mol. The maximum absolute atomic E-state index is 11.7. The highest BCUT2D eigenvalue weighted by Gasteiger charge is 2.30. The van der Waals surface area contributed by atoms with Crippen molar-refractivity contribution in [3.8, 4) is 5.75 Å². The van der Waals surface area contributed by atoms with Gasteiger partial charge in [-0.15, -0.1) is 0 Å². The minimum Gasteiger partial charge on any atom is -0.491 e. The van der Waals surface area contributed by atoms with Crippen molar-refractivity contribution < 1.29 is 14.3 Å². The smallest absolute Gasteiger partial charge is 0.231 e. The van der Waals surface area contributed by atoms with Gasteiger partial charge in [-0.2, -0.15) is 0 Å². The normalized spacial score (nSPS) is 19.0. The lowest BCUT2D eigenvalue weighted by Gasteiger charge is -2.40. The number of amides is 2. The lowest BCUT2D eigenvalue weighted by atomic mass is 10.0. The van der Waals surface area contributed by atoms with Crippen LogP contribution in [0.3, 0.4) is 0 Å². The third-order valence-corrected chi connectivity index (χ3v) is 3.93. The summed E-state index contributed by atoms with van der Waals surface area (Å²) in [7, 11) is 0. The van der Waals surface area contributed by atoms with Gasteiger partial charge in [-0.25, -0.2) is 0 Å². The molecule has 0 saturated carbocycles. The number of rotatable bonds is 5. The number of piperazine rings is 1. The fourth-order valence-electron chi connectivity index (χ4n) is 2.85. The van der Waals surface area contributed by atoms with Crippen molar-refractivity contribution in [1.82, 2.24) is 9.80 Å². The second-order valence-corrected chi connectivity index (χ2v) is 6.15. The number of carbonyl (C=O) groups is 2. The standard InChI is InChI=1S/C17H25N3O3/c1-12(2)23-15-6-4-14(5-7-15)16-10-19(13(3)21)8-9-20(16)11-17(18)22/h4-7,12,16H,8-11H2,1-3H3,(H2,18,22)/t16-/m1/s1. The van der Waals surface area contributed by atoms with E-state index < -0.39 is 0 Å². The second kappa shape index (κ2) is 7.46. The van der Waals surface area contributed by atoms with Crippen molar-refractivity contribution in [2.45, 2.75) is 32.9 Å². The Morgan fingerprint density at radius 1 is 1.26 bits per heavy atom. The first kappa shape index (κ1) is 17.3. The third-order valence-electron chi connectivity index (χ3n) is 3.93. The molecule has 126 valence electrons. The Morgan fingerprint density at radius 2 is 1.91 bits per heavy atom. The van der Waals surface area contributed by atoms with Crippen LogP contribution in [0.15, 0.2) is 24.3 Å². The van der Waals surface area contributed by atoms with Gasteiger partial charge in [0.2, 0.25) is 11.8 Å². The van der Waals surface area contributed by atoms with E-state index in [1.54, 1.807) is 11.8 Å².